The van der Waals surface area contributed by atoms with E-state index in [1.165, 1.54) is 21.3 Å². The zero-order valence-corrected chi connectivity index (χ0v) is 49.2. The molecule has 0 fully saturated rings. The number of fused-ring (bicyclic) bond motifs is 3. The van der Waals surface area contributed by atoms with E-state index in [0.29, 0.717) is 83.2 Å². The van der Waals surface area contributed by atoms with Gasteiger partial charge in [-0.3, -0.25) is 14.4 Å². The third-order valence-electron chi connectivity index (χ3n) is 14.6. The smallest absolute Gasteiger partial charge is 0.333 e. The molecule has 0 radical (unpaired) electrons. The first-order chi connectivity index (χ1) is 44.0. The van der Waals surface area contributed by atoms with Gasteiger partial charge in [0.15, 0.2) is 18.1 Å². The number of esters is 3. The highest BCUT2D eigenvalue weighted by Crippen LogP contribution is 2.30. The summed E-state index contributed by atoms with van der Waals surface area (Å²) in [5.41, 5.74) is 10.2. The number of benzene rings is 9. The Labute approximate surface area is 519 Å². The van der Waals surface area contributed by atoms with E-state index in [9.17, 15) is 28.8 Å². The molecule has 15 heteroatoms. The van der Waals surface area contributed by atoms with Crippen LogP contribution in [0.25, 0.3) is 66.5 Å². The van der Waals surface area contributed by atoms with Crippen molar-refractivity contribution in [2.45, 2.75) is 18.1 Å². The minimum atomic E-state index is -0.907. The van der Waals surface area contributed by atoms with Gasteiger partial charge in [0.25, 0.3) is 17.7 Å². The van der Waals surface area contributed by atoms with E-state index < -0.39 is 36.0 Å². The lowest BCUT2D eigenvalue weighted by Gasteiger charge is -2.18. The molecule has 3 N–H and O–H groups in total. The summed E-state index contributed by atoms with van der Waals surface area (Å²) in [5.74, 6) is -2.70. The molecule has 0 bridgehead atoms. The van der Waals surface area contributed by atoms with Crippen molar-refractivity contribution < 1.29 is 43.0 Å². The van der Waals surface area contributed by atoms with Gasteiger partial charge in [0.1, 0.15) is 0 Å². The molecule has 0 unspecified atom stereocenters. The maximum Gasteiger partial charge on any atom is 0.333 e. The van der Waals surface area contributed by atoms with Crippen molar-refractivity contribution in [1.82, 2.24) is 30.9 Å². The molecular weight excluding hydrogens is 1130 g/mol. The van der Waals surface area contributed by atoms with Gasteiger partial charge in [-0.05, 0) is 53.1 Å². The fourth-order valence-electron chi connectivity index (χ4n) is 10.1. The average Bonchev–Trinajstić information content (AvgIpc) is 1.47. The van der Waals surface area contributed by atoms with Crippen molar-refractivity contribution in [2.75, 3.05) is 21.3 Å². The molecular formula is C75H60N6O9. The molecule has 12 aromatic rings. The van der Waals surface area contributed by atoms with Crippen LogP contribution in [0.2, 0.25) is 0 Å². The fraction of sp³-hybridized carbons (Fsp3) is 0.0800. The molecule has 90 heavy (non-hydrogen) atoms. The van der Waals surface area contributed by atoms with Crippen LogP contribution in [-0.2, 0) is 28.6 Å². The normalized spacial score (nSPS) is 11.6. The zero-order valence-electron chi connectivity index (χ0n) is 49.2. The molecule has 444 valence electrons. The Balaban J connectivity index is 0.000000148. The quantitative estimate of drug-likeness (QED) is 0.0648. The SMILES string of the molecule is COC(=O)[C@H](NC(=O)c1cc(-c2ccccc2)nc2ccccc12)c1ccccc1.COC(=O)[C@H](NC(=O)c1cc(-c2ccccc2)nc2ccccc12)c1ccccc1.COC(=O)[C@H](NC(=O)c1cc(-c2ccccc2)nc2ccccc12)c1ccccc1. The van der Waals surface area contributed by atoms with Crippen LogP contribution in [0, 0.1) is 0 Å². The zero-order chi connectivity index (χ0) is 62.8. The third kappa shape index (κ3) is 14.6. The second-order valence-corrected chi connectivity index (χ2v) is 20.3. The molecule has 0 aliphatic heterocycles. The maximum absolute atomic E-state index is 13.3. The summed E-state index contributed by atoms with van der Waals surface area (Å²) >= 11 is 0. The Hall–Kier alpha value is -12.0. The van der Waals surface area contributed by atoms with Crippen LogP contribution in [0.15, 0.2) is 273 Å². The molecule has 0 aliphatic carbocycles. The number of methoxy groups -OCH3 is 3. The predicted molar refractivity (Wildman–Crippen MR) is 348 cm³/mol. The van der Waals surface area contributed by atoms with Crippen LogP contribution in [0.4, 0.5) is 0 Å². The monoisotopic (exact) mass is 1190 g/mol. The second-order valence-electron chi connectivity index (χ2n) is 20.3. The summed E-state index contributed by atoms with van der Waals surface area (Å²) in [7, 11) is 3.92. The van der Waals surface area contributed by atoms with Crippen molar-refractivity contribution in [3.63, 3.8) is 0 Å². The largest absolute Gasteiger partial charge is 0.467 e. The van der Waals surface area contributed by atoms with Gasteiger partial charge in [-0.2, -0.15) is 0 Å². The first kappa shape index (κ1) is 61.1. The van der Waals surface area contributed by atoms with Crippen molar-refractivity contribution in [3.05, 3.63) is 306 Å². The summed E-state index contributed by atoms with van der Waals surface area (Å²) in [6.45, 7) is 0. The standard InChI is InChI=1S/3C25H20N2O3/c3*1-30-25(29)23(18-12-6-3-7-13-18)27-24(28)20-16-22(17-10-4-2-5-11-17)26-21-15-9-8-14-19(20)21/h3*2-16,23H,1H3,(H,27,28)/t3*23-/m111/s1. The Kier molecular flexibility index (Phi) is 20.0. The Morgan fingerprint density at radius 2 is 0.500 bits per heavy atom. The van der Waals surface area contributed by atoms with Crippen LogP contribution < -0.4 is 16.0 Å². The molecule has 0 aliphatic rings. The number of para-hydroxylation sites is 3. The number of hydrogen-bond donors (Lipinski definition) is 3. The average molecular weight is 1190 g/mol. The van der Waals surface area contributed by atoms with Crippen LogP contribution in [0.5, 0.6) is 0 Å². The van der Waals surface area contributed by atoms with Gasteiger partial charge in [-0.1, -0.05) is 237 Å². The van der Waals surface area contributed by atoms with E-state index in [1.54, 1.807) is 54.6 Å². The molecule has 3 amide bonds. The van der Waals surface area contributed by atoms with E-state index in [1.807, 2.05) is 218 Å². The molecule has 3 heterocycles. The number of nitrogens with one attached hydrogen (secondary N) is 3. The molecule has 0 saturated carbocycles. The Morgan fingerprint density at radius 3 is 0.733 bits per heavy atom. The molecule has 0 saturated heterocycles. The molecule has 9 aromatic carbocycles. The number of rotatable bonds is 15. The highest BCUT2D eigenvalue weighted by atomic mass is 16.5. The lowest BCUT2D eigenvalue weighted by Crippen LogP contribution is -2.34. The van der Waals surface area contributed by atoms with Gasteiger partial charge in [-0.25, -0.2) is 29.3 Å². The molecule has 0 spiro atoms. The summed E-state index contributed by atoms with van der Waals surface area (Å²) < 4.78 is 14.8. The van der Waals surface area contributed by atoms with E-state index >= 15 is 0 Å². The number of nitrogens with zero attached hydrogens (tertiary/aromatic N) is 3. The molecule has 3 aromatic heterocycles. The van der Waals surface area contributed by atoms with Crippen molar-refractivity contribution in [3.8, 4) is 33.8 Å². The van der Waals surface area contributed by atoms with Crippen LogP contribution in [-0.4, -0.2) is 71.9 Å². The minimum absolute atomic E-state index is 0.370. The number of hydrogen-bond acceptors (Lipinski definition) is 12. The highest BCUT2D eigenvalue weighted by Gasteiger charge is 2.28. The van der Waals surface area contributed by atoms with Gasteiger partial charge < -0.3 is 30.2 Å². The van der Waals surface area contributed by atoms with Crippen molar-refractivity contribution >= 4 is 68.3 Å². The first-order valence-corrected chi connectivity index (χ1v) is 28.7. The first-order valence-electron chi connectivity index (χ1n) is 28.7. The number of carbonyl (C=O) groups is 6. The Bertz CT molecular complexity index is 4030. The summed E-state index contributed by atoms with van der Waals surface area (Å²) in [6, 6.07) is 81.0. The van der Waals surface area contributed by atoms with Gasteiger partial charge in [-0.15, -0.1) is 0 Å². The fourth-order valence-corrected chi connectivity index (χ4v) is 10.1. The number of ether oxygens (including phenoxy) is 3. The topological polar surface area (TPSA) is 205 Å². The number of carbonyl (C=O) groups excluding carboxylic acids is 6. The summed E-state index contributed by atoms with van der Waals surface area (Å²) in [4.78, 5) is 91.2. The van der Waals surface area contributed by atoms with E-state index in [2.05, 4.69) is 16.0 Å². The highest BCUT2D eigenvalue weighted by molar-refractivity contribution is 6.10. The van der Waals surface area contributed by atoms with Gasteiger partial charge in [0.05, 0.1) is 71.7 Å². The van der Waals surface area contributed by atoms with Crippen LogP contribution in [0.1, 0.15) is 65.9 Å². The predicted octanol–water partition coefficient (Wildman–Crippen LogP) is 13.6. The molecule has 3 atom stereocenters. The number of amides is 3. The van der Waals surface area contributed by atoms with Gasteiger partial charge in [0.2, 0.25) is 0 Å². The van der Waals surface area contributed by atoms with Crippen molar-refractivity contribution in [1.29, 1.82) is 0 Å². The number of pyridine rings is 3. The number of aromatic nitrogens is 3. The van der Waals surface area contributed by atoms with E-state index in [0.717, 1.165) is 16.7 Å². The molecule has 12 rings (SSSR count). The maximum atomic E-state index is 13.3. The third-order valence-corrected chi connectivity index (χ3v) is 14.6. The second kappa shape index (κ2) is 29.4. The molecule has 15 nitrogen and oxygen atoms in total. The van der Waals surface area contributed by atoms with Gasteiger partial charge in [0, 0.05) is 32.8 Å². The van der Waals surface area contributed by atoms with E-state index in [-0.39, 0.29) is 17.7 Å². The van der Waals surface area contributed by atoms with Crippen LogP contribution >= 0.6 is 0 Å². The summed E-state index contributed by atoms with van der Waals surface area (Å²) in [5, 5.41) is 10.6. The minimum Gasteiger partial charge on any atom is -0.467 e. The Morgan fingerprint density at radius 1 is 0.289 bits per heavy atom. The van der Waals surface area contributed by atoms with Gasteiger partial charge >= 0.3 is 17.9 Å². The van der Waals surface area contributed by atoms with E-state index in [4.69, 9.17) is 29.2 Å². The lowest BCUT2D eigenvalue weighted by atomic mass is 10.0. The van der Waals surface area contributed by atoms with Crippen molar-refractivity contribution in [2.24, 2.45) is 0 Å². The van der Waals surface area contributed by atoms with Crippen LogP contribution in [0.3, 0.4) is 0 Å². The lowest BCUT2D eigenvalue weighted by molar-refractivity contribution is -0.143. The summed E-state index contributed by atoms with van der Waals surface area (Å²) in [6.07, 6.45) is 0.